The van der Waals surface area contributed by atoms with E-state index < -0.39 is 9.84 Å². The zero-order valence-electron chi connectivity index (χ0n) is 7.86. The van der Waals surface area contributed by atoms with Gasteiger partial charge in [0, 0.05) is 24.7 Å². The van der Waals surface area contributed by atoms with Crippen LogP contribution in [0.1, 0.15) is 13.3 Å². The van der Waals surface area contributed by atoms with Gasteiger partial charge >= 0.3 is 0 Å². The first-order valence-electron chi connectivity index (χ1n) is 4.61. The predicted molar refractivity (Wildman–Crippen MR) is 51.2 cm³/mol. The first-order chi connectivity index (χ1) is 5.88. The maximum atomic E-state index is 11.2. The Bertz CT molecular complexity index is 302. The highest BCUT2D eigenvalue weighted by atomic mass is 32.2. The number of likely N-dealkylation sites (tertiary alicyclic amines) is 1. The molecule has 0 aliphatic carbocycles. The van der Waals surface area contributed by atoms with Crippen molar-refractivity contribution in [2.24, 2.45) is 5.73 Å². The van der Waals surface area contributed by atoms with Crippen molar-refractivity contribution in [3.05, 3.63) is 0 Å². The van der Waals surface area contributed by atoms with E-state index in [1.807, 2.05) is 6.92 Å². The molecule has 2 rings (SSSR count). The van der Waals surface area contributed by atoms with Crippen LogP contribution in [-0.4, -0.2) is 49.5 Å². The van der Waals surface area contributed by atoms with Crippen molar-refractivity contribution in [3.63, 3.8) is 0 Å². The fourth-order valence-electron chi connectivity index (χ4n) is 2.20. The van der Waals surface area contributed by atoms with Crippen LogP contribution in [0, 0.1) is 0 Å². The normalized spacial score (nSPS) is 37.2. The summed E-state index contributed by atoms with van der Waals surface area (Å²) in [5, 5.41) is 0. The molecule has 0 aromatic carbocycles. The summed E-state index contributed by atoms with van der Waals surface area (Å²) in [5.74, 6) is 0.693. The third kappa shape index (κ3) is 1.87. The second-order valence-corrected chi connectivity index (χ2v) is 6.84. The first-order valence-corrected chi connectivity index (χ1v) is 6.43. The molecule has 0 amide bonds. The number of rotatable bonds is 1. The van der Waals surface area contributed by atoms with Gasteiger partial charge < -0.3 is 5.73 Å². The molecule has 4 nitrogen and oxygen atoms in total. The van der Waals surface area contributed by atoms with Gasteiger partial charge in [0.05, 0.1) is 11.5 Å². The van der Waals surface area contributed by atoms with Crippen LogP contribution in [0.2, 0.25) is 0 Å². The van der Waals surface area contributed by atoms with Crippen molar-refractivity contribution in [2.45, 2.75) is 24.9 Å². The van der Waals surface area contributed by atoms with E-state index in [2.05, 4.69) is 4.90 Å². The minimum atomic E-state index is -2.74. The Morgan fingerprint density at radius 3 is 2.46 bits per heavy atom. The average Bonchev–Trinajstić information content (AvgIpc) is 2.25. The lowest BCUT2D eigenvalue weighted by Crippen LogP contribution is -2.67. The van der Waals surface area contributed by atoms with Crippen molar-refractivity contribution in [1.29, 1.82) is 0 Å². The molecule has 76 valence electrons. The zero-order valence-corrected chi connectivity index (χ0v) is 8.68. The molecule has 5 heteroatoms. The molecule has 0 radical (unpaired) electrons. The van der Waals surface area contributed by atoms with E-state index in [1.54, 1.807) is 0 Å². The standard InChI is InChI=1S/C8H16N2O2S/c1-8(9)5-10(6-8)7-2-3-13(11,12)4-7/h7H,2-6,9H2,1H3. The Hall–Kier alpha value is -0.130. The molecule has 0 aromatic rings. The first kappa shape index (κ1) is 9.43. The fourth-order valence-corrected chi connectivity index (χ4v) is 3.96. The number of hydrogen-bond acceptors (Lipinski definition) is 4. The highest BCUT2D eigenvalue weighted by Gasteiger charge is 2.42. The highest BCUT2D eigenvalue weighted by Crippen LogP contribution is 2.26. The molecule has 0 bridgehead atoms. The Kier molecular flexibility index (Phi) is 1.94. The van der Waals surface area contributed by atoms with E-state index in [4.69, 9.17) is 5.73 Å². The molecule has 2 N–H and O–H groups in total. The summed E-state index contributed by atoms with van der Waals surface area (Å²) < 4.78 is 22.4. The van der Waals surface area contributed by atoms with Crippen LogP contribution < -0.4 is 5.73 Å². The molecular weight excluding hydrogens is 188 g/mol. The van der Waals surface area contributed by atoms with Gasteiger partial charge in [-0.25, -0.2) is 8.42 Å². The minimum absolute atomic E-state index is 0.0909. The smallest absolute Gasteiger partial charge is 0.151 e. The molecule has 2 saturated heterocycles. The van der Waals surface area contributed by atoms with Crippen molar-refractivity contribution in [3.8, 4) is 0 Å². The van der Waals surface area contributed by atoms with Crippen molar-refractivity contribution in [2.75, 3.05) is 24.6 Å². The summed E-state index contributed by atoms with van der Waals surface area (Å²) in [4.78, 5) is 2.19. The van der Waals surface area contributed by atoms with Gasteiger partial charge in [0.25, 0.3) is 0 Å². The third-order valence-electron chi connectivity index (χ3n) is 2.85. The molecule has 2 aliphatic heterocycles. The lowest BCUT2D eigenvalue weighted by atomic mass is 9.91. The van der Waals surface area contributed by atoms with Crippen molar-refractivity contribution >= 4 is 9.84 Å². The molecule has 1 atom stereocenters. The highest BCUT2D eigenvalue weighted by molar-refractivity contribution is 7.91. The van der Waals surface area contributed by atoms with Gasteiger partial charge in [-0.05, 0) is 13.3 Å². The zero-order chi connectivity index (χ0) is 9.69. The average molecular weight is 204 g/mol. The van der Waals surface area contributed by atoms with Crippen LogP contribution in [0.3, 0.4) is 0 Å². The summed E-state index contributed by atoms with van der Waals surface area (Å²) in [5.41, 5.74) is 5.77. The topological polar surface area (TPSA) is 63.4 Å². The molecule has 13 heavy (non-hydrogen) atoms. The molecule has 2 heterocycles. The summed E-state index contributed by atoms with van der Waals surface area (Å²) >= 11 is 0. The van der Waals surface area contributed by atoms with Gasteiger partial charge in [-0.1, -0.05) is 0 Å². The molecule has 2 aliphatic rings. The Balaban J connectivity index is 1.93. The van der Waals surface area contributed by atoms with Crippen molar-refractivity contribution < 1.29 is 8.42 Å². The predicted octanol–water partition coefficient (Wildman–Crippen LogP) is -0.793. The second-order valence-electron chi connectivity index (χ2n) is 4.62. The van der Waals surface area contributed by atoms with Crippen molar-refractivity contribution in [1.82, 2.24) is 4.90 Å². The SMILES string of the molecule is CC1(N)CN(C2CCS(=O)(=O)C2)C1. The van der Waals surface area contributed by atoms with Gasteiger partial charge in [-0.15, -0.1) is 0 Å². The lowest BCUT2D eigenvalue weighted by Gasteiger charge is -2.48. The van der Waals surface area contributed by atoms with Gasteiger partial charge in [0.2, 0.25) is 0 Å². The summed E-state index contributed by atoms with van der Waals surface area (Å²) in [6.45, 7) is 3.69. The molecule has 1 unspecified atom stereocenters. The molecular formula is C8H16N2O2S. The van der Waals surface area contributed by atoms with E-state index in [0.29, 0.717) is 11.5 Å². The van der Waals surface area contributed by atoms with Crippen LogP contribution in [0.5, 0.6) is 0 Å². The Morgan fingerprint density at radius 1 is 1.46 bits per heavy atom. The lowest BCUT2D eigenvalue weighted by molar-refractivity contribution is 0.0494. The number of sulfone groups is 1. The summed E-state index contributed by atoms with van der Waals surface area (Å²) in [6.07, 6.45) is 0.790. The van der Waals surface area contributed by atoms with E-state index in [1.165, 1.54) is 0 Å². The van der Waals surface area contributed by atoms with Crippen LogP contribution in [0.4, 0.5) is 0 Å². The largest absolute Gasteiger partial charge is 0.323 e. The van der Waals surface area contributed by atoms with Crippen LogP contribution in [0.15, 0.2) is 0 Å². The number of hydrogen-bond donors (Lipinski definition) is 1. The van der Waals surface area contributed by atoms with Gasteiger partial charge in [-0.2, -0.15) is 0 Å². The maximum absolute atomic E-state index is 11.2. The summed E-state index contributed by atoms with van der Waals surface area (Å²) in [7, 11) is -2.74. The van der Waals surface area contributed by atoms with Gasteiger partial charge in [0.1, 0.15) is 0 Å². The summed E-state index contributed by atoms with van der Waals surface area (Å²) in [6, 6.07) is 0.238. The second kappa shape index (κ2) is 2.68. The van der Waals surface area contributed by atoms with Gasteiger partial charge in [0.15, 0.2) is 9.84 Å². The Morgan fingerprint density at radius 2 is 2.08 bits per heavy atom. The molecule has 0 spiro atoms. The third-order valence-corrected chi connectivity index (χ3v) is 4.60. The fraction of sp³-hybridized carbons (Fsp3) is 1.00. The number of nitrogens with two attached hydrogens (primary N) is 1. The van der Waals surface area contributed by atoms with E-state index in [-0.39, 0.29) is 11.6 Å². The Labute approximate surface area is 79.0 Å². The van der Waals surface area contributed by atoms with E-state index in [0.717, 1.165) is 19.5 Å². The molecule has 0 saturated carbocycles. The maximum Gasteiger partial charge on any atom is 0.151 e. The monoisotopic (exact) mass is 204 g/mol. The minimum Gasteiger partial charge on any atom is -0.323 e. The number of nitrogens with zero attached hydrogens (tertiary/aromatic N) is 1. The van der Waals surface area contributed by atoms with Crippen LogP contribution >= 0.6 is 0 Å². The quantitative estimate of drug-likeness (QED) is 0.608. The van der Waals surface area contributed by atoms with Gasteiger partial charge in [-0.3, -0.25) is 4.90 Å². The van der Waals surface area contributed by atoms with Crippen LogP contribution in [-0.2, 0) is 9.84 Å². The molecule has 2 fully saturated rings. The van der Waals surface area contributed by atoms with E-state index >= 15 is 0 Å². The molecule has 0 aromatic heterocycles. The van der Waals surface area contributed by atoms with Crippen LogP contribution in [0.25, 0.3) is 0 Å². The van der Waals surface area contributed by atoms with E-state index in [9.17, 15) is 8.42 Å².